The summed E-state index contributed by atoms with van der Waals surface area (Å²) >= 11 is 0. The average Bonchev–Trinajstić information content (AvgIpc) is 3.01. The summed E-state index contributed by atoms with van der Waals surface area (Å²) in [6.45, 7) is 0. The standard InChI is InChI=1S/C15H13N5O2/c21-15(19-13-7-9-17-20-13)18-11-4-3-5-12(10-11)22-14-6-1-2-8-16-14/h1-10H,(H3,17,18,19,20,21). The van der Waals surface area contributed by atoms with Crippen LogP contribution in [-0.4, -0.2) is 21.2 Å². The lowest BCUT2D eigenvalue weighted by Crippen LogP contribution is -2.19. The predicted octanol–water partition coefficient (Wildman–Crippen LogP) is 3.24. The van der Waals surface area contributed by atoms with Crippen LogP contribution in [0.4, 0.5) is 16.3 Å². The molecule has 0 atom stereocenters. The Labute approximate surface area is 126 Å². The summed E-state index contributed by atoms with van der Waals surface area (Å²) < 4.78 is 5.61. The van der Waals surface area contributed by atoms with Gasteiger partial charge in [0.15, 0.2) is 0 Å². The van der Waals surface area contributed by atoms with Gasteiger partial charge in [0.1, 0.15) is 11.6 Å². The fraction of sp³-hybridized carbons (Fsp3) is 0. The van der Waals surface area contributed by atoms with Crippen LogP contribution in [-0.2, 0) is 0 Å². The van der Waals surface area contributed by atoms with Crippen LogP contribution in [0.1, 0.15) is 0 Å². The summed E-state index contributed by atoms with van der Waals surface area (Å²) in [5, 5.41) is 11.7. The van der Waals surface area contributed by atoms with E-state index in [4.69, 9.17) is 4.74 Å². The van der Waals surface area contributed by atoms with E-state index in [1.165, 1.54) is 0 Å². The molecule has 7 nitrogen and oxygen atoms in total. The zero-order valence-corrected chi connectivity index (χ0v) is 11.5. The maximum absolute atomic E-state index is 11.8. The number of H-pyrrole nitrogens is 1. The number of hydrogen-bond donors (Lipinski definition) is 3. The lowest BCUT2D eigenvalue weighted by atomic mass is 10.3. The van der Waals surface area contributed by atoms with Gasteiger partial charge in [-0.1, -0.05) is 12.1 Å². The first-order chi connectivity index (χ1) is 10.8. The van der Waals surface area contributed by atoms with Crippen LogP contribution in [0.15, 0.2) is 60.9 Å². The second-order valence-corrected chi connectivity index (χ2v) is 4.35. The quantitative estimate of drug-likeness (QED) is 0.689. The molecule has 0 spiro atoms. The van der Waals surface area contributed by atoms with E-state index in [0.29, 0.717) is 23.1 Å². The van der Waals surface area contributed by atoms with Crippen LogP contribution >= 0.6 is 0 Å². The van der Waals surface area contributed by atoms with Crippen molar-refractivity contribution in [1.82, 2.24) is 15.2 Å². The summed E-state index contributed by atoms with van der Waals surface area (Å²) in [5.41, 5.74) is 0.602. The highest BCUT2D eigenvalue weighted by Gasteiger charge is 2.05. The number of pyridine rings is 1. The monoisotopic (exact) mass is 295 g/mol. The molecule has 3 aromatic rings. The molecule has 110 valence electrons. The van der Waals surface area contributed by atoms with E-state index in [0.717, 1.165) is 0 Å². The van der Waals surface area contributed by atoms with Gasteiger partial charge in [-0.2, -0.15) is 5.10 Å². The molecule has 2 heterocycles. The van der Waals surface area contributed by atoms with Gasteiger partial charge in [0.25, 0.3) is 0 Å². The molecule has 0 aliphatic heterocycles. The molecule has 0 saturated heterocycles. The molecular weight excluding hydrogens is 282 g/mol. The molecule has 0 aliphatic carbocycles. The molecule has 0 bridgehead atoms. The van der Waals surface area contributed by atoms with E-state index in [1.54, 1.807) is 48.8 Å². The van der Waals surface area contributed by atoms with Crippen molar-refractivity contribution in [2.45, 2.75) is 0 Å². The Bertz CT molecular complexity index is 744. The lowest BCUT2D eigenvalue weighted by molar-refractivity contribution is 0.262. The van der Waals surface area contributed by atoms with Crippen molar-refractivity contribution >= 4 is 17.5 Å². The minimum atomic E-state index is -0.376. The molecule has 2 aromatic heterocycles. The average molecular weight is 295 g/mol. The molecule has 3 N–H and O–H groups in total. The van der Waals surface area contributed by atoms with Gasteiger partial charge in [0.2, 0.25) is 5.88 Å². The van der Waals surface area contributed by atoms with Crippen LogP contribution < -0.4 is 15.4 Å². The zero-order chi connectivity index (χ0) is 15.2. The van der Waals surface area contributed by atoms with Crippen LogP contribution in [0.25, 0.3) is 0 Å². The third-order valence-electron chi connectivity index (χ3n) is 2.70. The Balaban J connectivity index is 1.65. The normalized spacial score (nSPS) is 10.0. The van der Waals surface area contributed by atoms with Crippen molar-refractivity contribution in [2.75, 3.05) is 10.6 Å². The fourth-order valence-electron chi connectivity index (χ4n) is 1.78. The first-order valence-corrected chi connectivity index (χ1v) is 6.56. The van der Waals surface area contributed by atoms with E-state index >= 15 is 0 Å². The lowest BCUT2D eigenvalue weighted by Gasteiger charge is -2.08. The van der Waals surface area contributed by atoms with Crippen molar-refractivity contribution in [1.29, 1.82) is 0 Å². The molecule has 3 rings (SSSR count). The Morgan fingerprint density at radius 2 is 2.00 bits per heavy atom. The van der Waals surface area contributed by atoms with Crippen LogP contribution in [0, 0.1) is 0 Å². The fourth-order valence-corrected chi connectivity index (χ4v) is 1.78. The highest BCUT2D eigenvalue weighted by atomic mass is 16.5. The highest BCUT2D eigenvalue weighted by Crippen LogP contribution is 2.22. The van der Waals surface area contributed by atoms with Crippen molar-refractivity contribution in [3.05, 3.63) is 60.9 Å². The van der Waals surface area contributed by atoms with E-state index in [-0.39, 0.29) is 6.03 Å². The third-order valence-corrected chi connectivity index (χ3v) is 2.70. The van der Waals surface area contributed by atoms with Gasteiger partial charge in [-0.25, -0.2) is 9.78 Å². The maximum Gasteiger partial charge on any atom is 0.324 e. The second-order valence-electron chi connectivity index (χ2n) is 4.35. The SMILES string of the molecule is O=C(Nc1cccc(Oc2ccccn2)c1)Nc1ccn[nH]1. The van der Waals surface area contributed by atoms with Gasteiger partial charge in [-0.15, -0.1) is 0 Å². The molecule has 0 aliphatic rings. The predicted molar refractivity (Wildman–Crippen MR) is 82.0 cm³/mol. The van der Waals surface area contributed by atoms with Crippen molar-refractivity contribution < 1.29 is 9.53 Å². The Hall–Kier alpha value is -3.35. The summed E-state index contributed by atoms with van der Waals surface area (Å²) in [5.74, 6) is 1.58. The van der Waals surface area contributed by atoms with Crippen LogP contribution in [0.5, 0.6) is 11.6 Å². The number of carbonyl (C=O) groups is 1. The number of rotatable bonds is 4. The van der Waals surface area contributed by atoms with Crippen molar-refractivity contribution in [3.63, 3.8) is 0 Å². The van der Waals surface area contributed by atoms with Gasteiger partial charge >= 0.3 is 6.03 Å². The Morgan fingerprint density at radius 3 is 2.77 bits per heavy atom. The topological polar surface area (TPSA) is 91.9 Å². The number of aromatic amines is 1. The summed E-state index contributed by atoms with van der Waals surface area (Å²) in [4.78, 5) is 15.9. The molecule has 0 fully saturated rings. The molecule has 0 radical (unpaired) electrons. The Kier molecular flexibility index (Phi) is 3.96. The number of urea groups is 1. The number of benzene rings is 1. The second kappa shape index (κ2) is 6.40. The van der Waals surface area contributed by atoms with Crippen LogP contribution in [0.3, 0.4) is 0 Å². The number of nitrogens with one attached hydrogen (secondary N) is 3. The number of nitrogens with zero attached hydrogens (tertiary/aromatic N) is 2. The third kappa shape index (κ3) is 3.60. The number of aromatic nitrogens is 3. The molecule has 2 amide bonds. The number of amides is 2. The molecule has 7 heteroatoms. The smallest absolute Gasteiger partial charge is 0.324 e. The van der Waals surface area contributed by atoms with Crippen molar-refractivity contribution in [3.8, 4) is 11.6 Å². The number of anilines is 2. The Morgan fingerprint density at radius 1 is 1.05 bits per heavy atom. The molecular formula is C15H13N5O2. The minimum Gasteiger partial charge on any atom is -0.439 e. The van der Waals surface area contributed by atoms with Crippen LogP contribution in [0.2, 0.25) is 0 Å². The van der Waals surface area contributed by atoms with E-state index in [9.17, 15) is 4.79 Å². The largest absolute Gasteiger partial charge is 0.439 e. The summed E-state index contributed by atoms with van der Waals surface area (Å²) in [6, 6.07) is 13.7. The van der Waals surface area contributed by atoms with E-state index in [1.807, 2.05) is 12.1 Å². The molecule has 1 aromatic carbocycles. The van der Waals surface area contributed by atoms with Gasteiger partial charge in [-0.05, 0) is 18.2 Å². The van der Waals surface area contributed by atoms with Gasteiger partial charge < -0.3 is 10.1 Å². The summed E-state index contributed by atoms with van der Waals surface area (Å²) in [7, 11) is 0. The number of carbonyl (C=O) groups excluding carboxylic acids is 1. The first kappa shape index (κ1) is 13.6. The maximum atomic E-state index is 11.8. The van der Waals surface area contributed by atoms with Crippen molar-refractivity contribution in [2.24, 2.45) is 0 Å². The minimum absolute atomic E-state index is 0.376. The van der Waals surface area contributed by atoms with E-state index < -0.39 is 0 Å². The van der Waals surface area contributed by atoms with E-state index in [2.05, 4.69) is 25.8 Å². The molecule has 0 unspecified atom stereocenters. The zero-order valence-electron chi connectivity index (χ0n) is 11.5. The number of hydrogen-bond acceptors (Lipinski definition) is 4. The molecule has 22 heavy (non-hydrogen) atoms. The van der Waals surface area contributed by atoms with Gasteiger partial charge in [0.05, 0.1) is 6.20 Å². The highest BCUT2D eigenvalue weighted by molar-refractivity contribution is 5.99. The number of ether oxygens (including phenoxy) is 1. The van der Waals surface area contributed by atoms with Gasteiger partial charge in [0, 0.05) is 30.1 Å². The van der Waals surface area contributed by atoms with Gasteiger partial charge in [-0.3, -0.25) is 10.4 Å². The molecule has 0 saturated carbocycles. The first-order valence-electron chi connectivity index (χ1n) is 6.56. The summed E-state index contributed by atoms with van der Waals surface area (Å²) in [6.07, 6.45) is 3.20.